The van der Waals surface area contributed by atoms with Gasteiger partial charge in [0, 0.05) is 44.5 Å². The van der Waals surface area contributed by atoms with E-state index in [0.717, 1.165) is 18.2 Å². The van der Waals surface area contributed by atoms with Crippen LogP contribution in [0.3, 0.4) is 0 Å². The van der Waals surface area contributed by atoms with Gasteiger partial charge < -0.3 is 20.7 Å². The highest BCUT2D eigenvalue weighted by molar-refractivity contribution is 5.63. The quantitative estimate of drug-likeness (QED) is 0.396. The molecule has 0 aliphatic carbocycles. The van der Waals surface area contributed by atoms with Crippen molar-refractivity contribution in [3.8, 4) is 0 Å². The van der Waals surface area contributed by atoms with Crippen LogP contribution in [-0.2, 0) is 19.3 Å². The van der Waals surface area contributed by atoms with Gasteiger partial charge >= 0.3 is 6.18 Å². The number of likely N-dealkylation sites (tertiary alicyclic amines) is 1. The fourth-order valence-corrected chi connectivity index (χ4v) is 3.82. The number of allylic oxidation sites excluding steroid dienone is 2. The lowest BCUT2D eigenvalue weighted by Gasteiger charge is -2.36. The summed E-state index contributed by atoms with van der Waals surface area (Å²) in [5.74, 6) is -0.614. The standard InChI is InChI=1S/C23H27F4N5O2/c1-2-16(24)11-19-17(28)4-6-22(34)32(19)10-9-31-8-7-18(20(33)14-31)29-12-15-3-5-21(30-13-15)23(25,26)27/h2-6,11,13,18,20,29,33H,1,7-10,12,14,28H2/b16-11+/t18?,20-/m1/s1. The Morgan fingerprint density at radius 2 is 2.06 bits per heavy atom. The number of aromatic nitrogens is 2. The Bertz CT molecular complexity index is 1080. The number of alkyl halides is 3. The highest BCUT2D eigenvalue weighted by Crippen LogP contribution is 2.27. The van der Waals surface area contributed by atoms with E-state index in [2.05, 4.69) is 16.9 Å². The van der Waals surface area contributed by atoms with Crippen molar-refractivity contribution < 1.29 is 22.7 Å². The van der Waals surface area contributed by atoms with E-state index in [-0.39, 0.29) is 36.1 Å². The smallest absolute Gasteiger partial charge is 0.397 e. The SMILES string of the molecule is C=C/C(F)=C\c1c(N)ccc(=O)n1CCN1CCC(NCc2ccc(C(F)(F)F)nc2)[C@H](O)C1. The van der Waals surface area contributed by atoms with Crippen molar-refractivity contribution in [2.24, 2.45) is 0 Å². The largest absolute Gasteiger partial charge is 0.433 e. The average molecular weight is 481 g/mol. The topological polar surface area (TPSA) is 96.4 Å². The summed E-state index contributed by atoms with van der Waals surface area (Å²) in [5.41, 5.74) is 5.75. The van der Waals surface area contributed by atoms with Gasteiger partial charge in [0.2, 0.25) is 0 Å². The number of nitrogen functional groups attached to an aromatic ring is 1. The van der Waals surface area contributed by atoms with Gasteiger partial charge in [0.15, 0.2) is 0 Å². The molecule has 2 aromatic heterocycles. The molecule has 0 saturated carbocycles. The monoisotopic (exact) mass is 481 g/mol. The number of halogens is 4. The molecular weight excluding hydrogens is 454 g/mol. The van der Waals surface area contributed by atoms with Gasteiger partial charge in [-0.3, -0.25) is 14.7 Å². The number of pyridine rings is 2. The van der Waals surface area contributed by atoms with Crippen LogP contribution in [0.1, 0.15) is 23.4 Å². The summed E-state index contributed by atoms with van der Waals surface area (Å²) >= 11 is 0. The summed E-state index contributed by atoms with van der Waals surface area (Å²) < 4.78 is 53.0. The van der Waals surface area contributed by atoms with Gasteiger partial charge in [-0.25, -0.2) is 4.39 Å². The van der Waals surface area contributed by atoms with Gasteiger partial charge in [0.25, 0.3) is 5.56 Å². The summed E-state index contributed by atoms with van der Waals surface area (Å²) in [7, 11) is 0. The number of nitrogens with one attached hydrogen (secondary N) is 1. The number of rotatable bonds is 8. The number of piperidine rings is 1. The van der Waals surface area contributed by atoms with Crippen molar-refractivity contribution >= 4 is 11.8 Å². The normalized spacial score (nSPS) is 19.9. The molecule has 1 aliphatic rings. The Balaban J connectivity index is 1.55. The minimum absolute atomic E-state index is 0.242. The molecule has 2 atom stereocenters. The summed E-state index contributed by atoms with van der Waals surface area (Å²) in [4.78, 5) is 17.7. The third-order valence-corrected chi connectivity index (χ3v) is 5.72. The average Bonchev–Trinajstić information content (AvgIpc) is 2.80. The molecule has 4 N–H and O–H groups in total. The predicted molar refractivity (Wildman–Crippen MR) is 121 cm³/mol. The second-order valence-electron chi connectivity index (χ2n) is 8.09. The second kappa shape index (κ2) is 10.9. The maximum Gasteiger partial charge on any atom is 0.433 e. The molecule has 1 aliphatic heterocycles. The fraction of sp³-hybridized carbons (Fsp3) is 0.391. The van der Waals surface area contributed by atoms with Crippen molar-refractivity contribution in [3.63, 3.8) is 0 Å². The zero-order valence-corrected chi connectivity index (χ0v) is 18.4. The van der Waals surface area contributed by atoms with E-state index in [1.54, 1.807) is 0 Å². The highest BCUT2D eigenvalue weighted by Gasteiger charge is 2.32. The summed E-state index contributed by atoms with van der Waals surface area (Å²) in [6, 6.07) is 4.79. The molecule has 1 unspecified atom stereocenters. The molecule has 0 radical (unpaired) electrons. The van der Waals surface area contributed by atoms with Crippen molar-refractivity contribution in [2.45, 2.75) is 37.8 Å². The Hall–Kier alpha value is -3.02. The van der Waals surface area contributed by atoms with Gasteiger partial charge in [0.1, 0.15) is 11.5 Å². The predicted octanol–water partition coefficient (Wildman–Crippen LogP) is 2.57. The van der Waals surface area contributed by atoms with Crippen LogP contribution in [0.4, 0.5) is 23.2 Å². The van der Waals surface area contributed by atoms with Gasteiger partial charge in [-0.2, -0.15) is 13.2 Å². The van der Waals surface area contributed by atoms with Crippen LogP contribution < -0.4 is 16.6 Å². The summed E-state index contributed by atoms with van der Waals surface area (Å²) in [5, 5.41) is 13.7. The Kier molecular flexibility index (Phi) is 8.24. The first-order chi connectivity index (χ1) is 16.1. The van der Waals surface area contributed by atoms with Crippen LogP contribution in [0.2, 0.25) is 0 Å². The number of hydrogen-bond acceptors (Lipinski definition) is 6. The maximum atomic E-state index is 13.7. The van der Waals surface area contributed by atoms with Gasteiger partial charge in [-0.05, 0) is 42.8 Å². The van der Waals surface area contributed by atoms with E-state index >= 15 is 0 Å². The molecule has 7 nitrogen and oxygen atoms in total. The molecule has 2 aromatic rings. The number of β-amino-alcohol motifs (C(OH)–C–C–N with tert-alkyl or cyclic N) is 1. The van der Waals surface area contributed by atoms with Gasteiger partial charge in [-0.15, -0.1) is 0 Å². The first-order valence-corrected chi connectivity index (χ1v) is 10.7. The molecule has 1 fully saturated rings. The Morgan fingerprint density at radius 3 is 2.68 bits per heavy atom. The Labute approximate surface area is 194 Å². The van der Waals surface area contributed by atoms with Crippen molar-refractivity contribution in [2.75, 3.05) is 25.4 Å². The van der Waals surface area contributed by atoms with E-state index in [4.69, 9.17) is 5.73 Å². The van der Waals surface area contributed by atoms with Crippen molar-refractivity contribution in [1.29, 1.82) is 0 Å². The summed E-state index contributed by atoms with van der Waals surface area (Å²) in [6.45, 7) is 5.29. The lowest BCUT2D eigenvalue weighted by Crippen LogP contribution is -2.53. The van der Waals surface area contributed by atoms with Crippen LogP contribution in [0.15, 0.2) is 53.7 Å². The van der Waals surface area contributed by atoms with Crippen LogP contribution in [-0.4, -0.2) is 51.3 Å². The molecular formula is C23H27F4N5O2. The van der Waals surface area contributed by atoms with Gasteiger partial charge in [0.05, 0.1) is 17.5 Å². The lowest BCUT2D eigenvalue weighted by atomic mass is 10.0. The fourth-order valence-electron chi connectivity index (χ4n) is 3.82. The van der Waals surface area contributed by atoms with E-state index in [9.17, 15) is 27.5 Å². The molecule has 0 bridgehead atoms. The number of nitrogens with two attached hydrogens (primary N) is 1. The van der Waals surface area contributed by atoms with Gasteiger partial charge in [-0.1, -0.05) is 12.6 Å². The third-order valence-electron chi connectivity index (χ3n) is 5.72. The zero-order valence-electron chi connectivity index (χ0n) is 18.4. The zero-order chi connectivity index (χ0) is 24.9. The van der Waals surface area contributed by atoms with E-state index < -0.39 is 23.8 Å². The molecule has 0 spiro atoms. The highest BCUT2D eigenvalue weighted by atomic mass is 19.4. The molecule has 3 heterocycles. The van der Waals surface area contributed by atoms with E-state index in [0.29, 0.717) is 31.6 Å². The number of anilines is 1. The molecule has 184 valence electrons. The summed E-state index contributed by atoms with van der Waals surface area (Å²) in [6.07, 6.45) is -1.25. The molecule has 3 rings (SSSR count). The molecule has 34 heavy (non-hydrogen) atoms. The minimum atomic E-state index is -4.48. The van der Waals surface area contributed by atoms with Crippen molar-refractivity contribution in [1.82, 2.24) is 19.8 Å². The second-order valence-corrected chi connectivity index (χ2v) is 8.09. The minimum Gasteiger partial charge on any atom is -0.397 e. The van der Waals surface area contributed by atoms with Crippen LogP contribution >= 0.6 is 0 Å². The number of hydrogen-bond donors (Lipinski definition) is 3. The van der Waals surface area contributed by atoms with E-state index in [1.165, 1.54) is 29.0 Å². The molecule has 0 aromatic carbocycles. The van der Waals surface area contributed by atoms with Crippen molar-refractivity contribution in [3.05, 3.63) is 76.2 Å². The first kappa shape index (κ1) is 25.6. The van der Waals surface area contributed by atoms with Crippen LogP contribution in [0.5, 0.6) is 0 Å². The van der Waals surface area contributed by atoms with Crippen LogP contribution in [0, 0.1) is 0 Å². The van der Waals surface area contributed by atoms with E-state index in [1.807, 2.05) is 4.90 Å². The molecule has 1 saturated heterocycles. The first-order valence-electron chi connectivity index (χ1n) is 10.7. The Morgan fingerprint density at radius 1 is 1.29 bits per heavy atom. The number of aliphatic hydroxyl groups is 1. The molecule has 0 amide bonds. The number of nitrogens with zero attached hydrogens (tertiary/aromatic N) is 3. The molecule has 11 heteroatoms. The number of aliphatic hydroxyl groups excluding tert-OH is 1. The lowest BCUT2D eigenvalue weighted by molar-refractivity contribution is -0.141. The van der Waals surface area contributed by atoms with Crippen LogP contribution in [0.25, 0.3) is 6.08 Å². The third kappa shape index (κ3) is 6.52. The maximum absolute atomic E-state index is 13.7.